The van der Waals surface area contributed by atoms with E-state index < -0.39 is 17.2 Å². The number of hydrogen-bond donors (Lipinski definition) is 1. The van der Waals surface area contributed by atoms with Gasteiger partial charge in [-0.1, -0.05) is 33.6 Å². The normalized spacial score (nSPS) is 11.0. The molecule has 2 aromatic carbocycles. The summed E-state index contributed by atoms with van der Waals surface area (Å²) >= 11 is 9.18. The van der Waals surface area contributed by atoms with Gasteiger partial charge < -0.3 is 9.67 Å². The van der Waals surface area contributed by atoms with E-state index in [-0.39, 0.29) is 17.5 Å². The number of nitrogens with zero attached hydrogens (tertiary/aromatic N) is 1. The number of halogens is 3. The van der Waals surface area contributed by atoms with Gasteiger partial charge >= 0.3 is 5.97 Å². The molecule has 0 saturated carbocycles. The van der Waals surface area contributed by atoms with Crippen molar-refractivity contribution in [3.8, 4) is 0 Å². The first-order valence-electron chi connectivity index (χ1n) is 6.87. The summed E-state index contributed by atoms with van der Waals surface area (Å²) in [6.07, 6.45) is 1.21. The van der Waals surface area contributed by atoms with Crippen molar-refractivity contribution in [3.05, 3.63) is 79.3 Å². The summed E-state index contributed by atoms with van der Waals surface area (Å²) in [5.74, 6) is -1.77. The topological polar surface area (TPSA) is 59.3 Å². The van der Waals surface area contributed by atoms with E-state index in [0.29, 0.717) is 20.6 Å². The van der Waals surface area contributed by atoms with Crippen molar-refractivity contribution >= 4 is 44.4 Å². The zero-order valence-corrected chi connectivity index (χ0v) is 14.4. The predicted octanol–water partition coefficient (Wildman–Crippen LogP) is 4.30. The quantitative estimate of drug-likeness (QED) is 0.700. The average molecular weight is 411 g/mol. The molecule has 122 valence electrons. The van der Waals surface area contributed by atoms with Crippen LogP contribution in [-0.4, -0.2) is 15.6 Å². The number of aromatic carboxylic acids is 1. The number of aromatic nitrogens is 1. The molecule has 1 heterocycles. The van der Waals surface area contributed by atoms with Gasteiger partial charge in [0.05, 0.1) is 12.1 Å². The molecule has 0 unspecified atom stereocenters. The lowest BCUT2D eigenvalue weighted by Crippen LogP contribution is -2.19. The van der Waals surface area contributed by atoms with Gasteiger partial charge in [-0.2, -0.15) is 0 Å². The molecule has 7 heteroatoms. The largest absolute Gasteiger partial charge is 0.477 e. The molecular weight excluding hydrogens is 401 g/mol. The van der Waals surface area contributed by atoms with Gasteiger partial charge in [0.2, 0.25) is 5.43 Å². The molecule has 0 aliphatic heterocycles. The van der Waals surface area contributed by atoms with Crippen molar-refractivity contribution in [1.29, 1.82) is 0 Å². The Morgan fingerprint density at radius 3 is 2.67 bits per heavy atom. The molecule has 3 rings (SSSR count). The number of benzene rings is 2. The van der Waals surface area contributed by atoms with Gasteiger partial charge in [-0.3, -0.25) is 4.79 Å². The summed E-state index contributed by atoms with van der Waals surface area (Å²) in [7, 11) is 0. The van der Waals surface area contributed by atoms with E-state index in [9.17, 15) is 19.1 Å². The van der Waals surface area contributed by atoms with Crippen LogP contribution < -0.4 is 5.43 Å². The fourth-order valence-electron chi connectivity index (χ4n) is 2.48. The van der Waals surface area contributed by atoms with Crippen LogP contribution >= 0.6 is 27.5 Å². The van der Waals surface area contributed by atoms with Gasteiger partial charge in [0.1, 0.15) is 11.4 Å². The predicted molar refractivity (Wildman–Crippen MR) is 93.4 cm³/mol. The summed E-state index contributed by atoms with van der Waals surface area (Å²) in [5.41, 5.74) is -0.164. The summed E-state index contributed by atoms with van der Waals surface area (Å²) in [6.45, 7) is 0.0660. The second-order valence-electron chi connectivity index (χ2n) is 5.20. The molecule has 0 bridgehead atoms. The number of pyridine rings is 1. The molecule has 0 spiro atoms. The van der Waals surface area contributed by atoms with Gasteiger partial charge in [0.15, 0.2) is 0 Å². The number of fused-ring (bicyclic) bond motifs is 1. The lowest BCUT2D eigenvalue weighted by Gasteiger charge is -2.13. The fraction of sp³-hybridized carbons (Fsp3) is 0.0588. The van der Waals surface area contributed by atoms with Crippen LogP contribution in [0, 0.1) is 5.82 Å². The van der Waals surface area contributed by atoms with Gasteiger partial charge in [0, 0.05) is 26.6 Å². The van der Waals surface area contributed by atoms with Gasteiger partial charge in [0.25, 0.3) is 0 Å². The third-order valence-corrected chi connectivity index (χ3v) is 4.36. The van der Waals surface area contributed by atoms with Crippen molar-refractivity contribution in [2.24, 2.45) is 0 Å². The van der Waals surface area contributed by atoms with Crippen LogP contribution in [-0.2, 0) is 6.54 Å². The van der Waals surface area contributed by atoms with Crippen LogP contribution in [0.4, 0.5) is 4.39 Å². The molecule has 0 radical (unpaired) electrons. The maximum absolute atomic E-state index is 14.1. The number of rotatable bonds is 3. The fourth-order valence-corrected chi connectivity index (χ4v) is 2.98. The number of carbonyl (C=O) groups is 1. The number of carboxylic acid groups (broad SMARTS) is 1. The Hall–Kier alpha value is -2.18. The van der Waals surface area contributed by atoms with Crippen molar-refractivity contribution < 1.29 is 14.3 Å². The first-order valence-corrected chi connectivity index (χ1v) is 8.04. The summed E-state index contributed by atoms with van der Waals surface area (Å²) in [6, 6.07) is 9.15. The molecule has 1 N–H and O–H groups in total. The minimum Gasteiger partial charge on any atom is -0.477 e. The molecule has 3 aromatic rings. The van der Waals surface area contributed by atoms with Gasteiger partial charge in [-0.05, 0) is 30.3 Å². The zero-order chi connectivity index (χ0) is 17.4. The molecule has 0 aliphatic rings. The third-order valence-electron chi connectivity index (χ3n) is 3.63. The van der Waals surface area contributed by atoms with Crippen molar-refractivity contribution in [1.82, 2.24) is 4.57 Å². The molecule has 0 amide bonds. The van der Waals surface area contributed by atoms with Crippen LogP contribution in [0.15, 0.2) is 51.9 Å². The maximum atomic E-state index is 14.1. The SMILES string of the molecule is O=C(O)c1cn(Cc2ccc(Br)cc2F)c2cc(Cl)ccc2c1=O. The molecule has 1 aromatic heterocycles. The van der Waals surface area contributed by atoms with Gasteiger partial charge in [-0.15, -0.1) is 0 Å². The Bertz CT molecular complexity index is 1030. The standard InChI is InChI=1S/C17H10BrClFNO3/c18-10-2-1-9(14(20)5-10)7-21-8-13(17(23)24)16(22)12-4-3-11(19)6-15(12)21/h1-6,8H,7H2,(H,23,24). The van der Waals surface area contributed by atoms with Crippen LogP contribution in [0.25, 0.3) is 10.9 Å². The van der Waals surface area contributed by atoms with Crippen LogP contribution in [0.1, 0.15) is 15.9 Å². The molecule has 0 saturated heterocycles. The van der Waals surface area contributed by atoms with Crippen molar-refractivity contribution in [2.45, 2.75) is 6.54 Å². The molecular formula is C17H10BrClFNO3. The second kappa shape index (κ2) is 6.37. The summed E-state index contributed by atoms with van der Waals surface area (Å²) in [5, 5.41) is 9.86. The third kappa shape index (κ3) is 3.07. The summed E-state index contributed by atoms with van der Waals surface area (Å²) < 4.78 is 16.2. The van der Waals surface area contributed by atoms with Crippen molar-refractivity contribution in [3.63, 3.8) is 0 Å². The second-order valence-corrected chi connectivity index (χ2v) is 6.55. The lowest BCUT2D eigenvalue weighted by molar-refractivity contribution is 0.0695. The first kappa shape index (κ1) is 16.7. The molecule has 24 heavy (non-hydrogen) atoms. The Morgan fingerprint density at radius 1 is 1.25 bits per heavy atom. The highest BCUT2D eigenvalue weighted by molar-refractivity contribution is 9.10. The van der Waals surface area contributed by atoms with Crippen LogP contribution in [0.2, 0.25) is 5.02 Å². The minimum absolute atomic E-state index is 0.0660. The van der Waals surface area contributed by atoms with E-state index in [0.717, 1.165) is 0 Å². The van der Waals surface area contributed by atoms with Gasteiger partial charge in [-0.25, -0.2) is 9.18 Å². The number of carboxylic acids is 1. The van der Waals surface area contributed by atoms with E-state index in [4.69, 9.17) is 11.6 Å². The number of hydrogen-bond acceptors (Lipinski definition) is 2. The minimum atomic E-state index is -1.33. The Kier molecular flexibility index (Phi) is 4.43. The van der Waals surface area contributed by atoms with Crippen LogP contribution in [0.3, 0.4) is 0 Å². The van der Waals surface area contributed by atoms with Crippen LogP contribution in [0.5, 0.6) is 0 Å². The van der Waals surface area contributed by atoms with E-state index in [1.54, 1.807) is 18.2 Å². The lowest BCUT2D eigenvalue weighted by atomic mass is 10.1. The summed E-state index contributed by atoms with van der Waals surface area (Å²) in [4.78, 5) is 23.6. The Labute approximate surface area is 149 Å². The Morgan fingerprint density at radius 2 is 2.00 bits per heavy atom. The van der Waals surface area contributed by atoms with E-state index >= 15 is 0 Å². The molecule has 0 fully saturated rings. The smallest absolute Gasteiger partial charge is 0.341 e. The highest BCUT2D eigenvalue weighted by atomic mass is 79.9. The highest BCUT2D eigenvalue weighted by Crippen LogP contribution is 2.21. The molecule has 0 atom stereocenters. The first-order chi connectivity index (χ1) is 11.4. The molecule has 4 nitrogen and oxygen atoms in total. The maximum Gasteiger partial charge on any atom is 0.341 e. The van der Waals surface area contributed by atoms with E-state index in [1.165, 1.54) is 29.0 Å². The Balaban J connectivity index is 2.25. The average Bonchev–Trinajstić information content (AvgIpc) is 2.51. The van der Waals surface area contributed by atoms with E-state index in [1.807, 2.05) is 0 Å². The molecule has 0 aliphatic carbocycles. The van der Waals surface area contributed by atoms with E-state index in [2.05, 4.69) is 15.9 Å². The zero-order valence-electron chi connectivity index (χ0n) is 12.1. The van der Waals surface area contributed by atoms with Crippen molar-refractivity contribution in [2.75, 3.05) is 0 Å². The monoisotopic (exact) mass is 409 g/mol. The highest BCUT2D eigenvalue weighted by Gasteiger charge is 2.15.